The number of carbonyl (C=O) groups is 1. The van der Waals surface area contributed by atoms with Crippen LogP contribution in [0.15, 0.2) is 85.1 Å². The van der Waals surface area contributed by atoms with Crippen LogP contribution in [0.1, 0.15) is 149 Å². The fourth-order valence-corrected chi connectivity index (χ4v) is 5.87. The highest BCUT2D eigenvalue weighted by atomic mass is 31.2. The zero-order chi connectivity index (χ0) is 38.8. The Morgan fingerprint density at radius 1 is 0.585 bits per heavy atom. The molecule has 8 nitrogen and oxygen atoms in total. The number of unbranched alkanes of at least 4 members (excludes halogenated alkanes) is 12. The van der Waals surface area contributed by atoms with E-state index in [4.69, 9.17) is 24.3 Å². The maximum atomic E-state index is 12.5. The van der Waals surface area contributed by atoms with Gasteiger partial charge in [0.1, 0.15) is 6.10 Å². The van der Waals surface area contributed by atoms with Crippen molar-refractivity contribution in [1.82, 2.24) is 0 Å². The van der Waals surface area contributed by atoms with Crippen molar-refractivity contribution in [3.05, 3.63) is 85.1 Å². The normalized spacial score (nSPS) is 14.4. The largest absolute Gasteiger partial charge is 0.472 e. The predicted molar refractivity (Wildman–Crippen MR) is 224 cm³/mol. The van der Waals surface area contributed by atoms with Gasteiger partial charge in [0.25, 0.3) is 0 Å². The molecule has 0 aliphatic carbocycles. The van der Waals surface area contributed by atoms with E-state index >= 15 is 0 Å². The Labute approximate surface area is 324 Å². The molecule has 0 aliphatic rings. The van der Waals surface area contributed by atoms with E-state index in [1.165, 1.54) is 70.6 Å². The van der Waals surface area contributed by atoms with E-state index in [2.05, 4.69) is 86.8 Å². The van der Waals surface area contributed by atoms with Crippen LogP contribution in [0.4, 0.5) is 0 Å². The zero-order valence-corrected chi connectivity index (χ0v) is 34.4. The highest BCUT2D eigenvalue weighted by Gasteiger charge is 2.25. The summed E-state index contributed by atoms with van der Waals surface area (Å²) in [6.07, 6.45) is 52.0. The summed E-state index contributed by atoms with van der Waals surface area (Å²) in [5, 5.41) is 0. The summed E-state index contributed by atoms with van der Waals surface area (Å²) < 4.78 is 33.2. The molecule has 0 aromatic carbocycles. The fraction of sp³-hybridized carbons (Fsp3) is 0.659. The van der Waals surface area contributed by atoms with Crippen LogP contribution in [0, 0.1) is 0 Å². The smallest absolute Gasteiger partial charge is 0.457 e. The van der Waals surface area contributed by atoms with Crippen molar-refractivity contribution in [1.29, 1.82) is 0 Å². The van der Waals surface area contributed by atoms with Crippen molar-refractivity contribution in [3.8, 4) is 0 Å². The van der Waals surface area contributed by atoms with Gasteiger partial charge in [-0.3, -0.25) is 13.8 Å². The van der Waals surface area contributed by atoms with Crippen LogP contribution >= 0.6 is 7.82 Å². The summed E-state index contributed by atoms with van der Waals surface area (Å²) in [4.78, 5) is 22.4. The van der Waals surface area contributed by atoms with E-state index in [1.54, 1.807) is 6.08 Å². The minimum Gasteiger partial charge on any atom is -0.457 e. The molecule has 0 bridgehead atoms. The molecular weight excluding hydrogens is 685 g/mol. The minimum atomic E-state index is -4.31. The van der Waals surface area contributed by atoms with Crippen molar-refractivity contribution < 1.29 is 32.8 Å². The summed E-state index contributed by atoms with van der Waals surface area (Å²) in [6, 6.07) is 0. The Hall–Kier alpha value is -2.32. The summed E-state index contributed by atoms with van der Waals surface area (Å²) in [5.74, 6) is -0.462. The molecule has 2 unspecified atom stereocenters. The Bertz CT molecular complexity index is 1080. The predicted octanol–water partition coefficient (Wildman–Crippen LogP) is 12.1. The second kappa shape index (κ2) is 40.9. The molecule has 3 N–H and O–H groups in total. The first-order chi connectivity index (χ1) is 25.9. The number of phosphoric acid groups is 1. The third kappa shape index (κ3) is 40.7. The van der Waals surface area contributed by atoms with Crippen LogP contribution < -0.4 is 5.73 Å². The molecule has 0 amide bonds. The van der Waals surface area contributed by atoms with Crippen LogP contribution in [0.2, 0.25) is 0 Å². The van der Waals surface area contributed by atoms with E-state index in [0.717, 1.165) is 51.4 Å². The summed E-state index contributed by atoms with van der Waals surface area (Å²) in [7, 11) is -4.31. The molecule has 0 saturated carbocycles. The third-order valence-electron chi connectivity index (χ3n) is 8.08. The second-order valence-electron chi connectivity index (χ2n) is 13.1. The van der Waals surface area contributed by atoms with Crippen molar-refractivity contribution in [2.75, 3.05) is 33.0 Å². The molecule has 2 atom stereocenters. The fourth-order valence-electron chi connectivity index (χ4n) is 5.10. The Morgan fingerprint density at radius 2 is 1.06 bits per heavy atom. The molecular formula is C44H76NO7P. The van der Waals surface area contributed by atoms with Gasteiger partial charge in [-0.1, -0.05) is 157 Å². The minimum absolute atomic E-state index is 0.0675. The van der Waals surface area contributed by atoms with Gasteiger partial charge < -0.3 is 20.1 Å². The molecule has 53 heavy (non-hydrogen) atoms. The number of hydrogen-bond acceptors (Lipinski definition) is 7. The van der Waals surface area contributed by atoms with E-state index in [-0.39, 0.29) is 32.8 Å². The van der Waals surface area contributed by atoms with E-state index in [9.17, 15) is 14.3 Å². The number of allylic oxidation sites excluding steroid dienone is 13. The first-order valence-electron chi connectivity index (χ1n) is 20.6. The second-order valence-corrected chi connectivity index (χ2v) is 14.6. The van der Waals surface area contributed by atoms with Crippen molar-refractivity contribution in [2.45, 2.75) is 155 Å². The van der Waals surface area contributed by atoms with Crippen molar-refractivity contribution in [3.63, 3.8) is 0 Å². The van der Waals surface area contributed by atoms with Crippen molar-refractivity contribution in [2.24, 2.45) is 5.73 Å². The topological polar surface area (TPSA) is 117 Å². The molecule has 0 aromatic heterocycles. The molecule has 0 aromatic rings. The number of ether oxygens (including phenoxy) is 2. The number of esters is 1. The van der Waals surface area contributed by atoms with Gasteiger partial charge in [0.15, 0.2) is 0 Å². The van der Waals surface area contributed by atoms with Gasteiger partial charge in [0.2, 0.25) is 0 Å². The SMILES string of the molecule is CC/C=C\C/C=C\C/C=C\C/C=C\C/C=C\CC(=O)OC(COCCCCCCCCCC/C=C\C/C=C\CCCCCC)COP(=O)(O)OCCN. The molecule has 0 rings (SSSR count). The lowest BCUT2D eigenvalue weighted by Gasteiger charge is -2.19. The zero-order valence-electron chi connectivity index (χ0n) is 33.5. The maximum Gasteiger partial charge on any atom is 0.472 e. The van der Waals surface area contributed by atoms with Crippen LogP contribution in [0.5, 0.6) is 0 Å². The third-order valence-corrected chi connectivity index (χ3v) is 9.06. The molecule has 0 radical (unpaired) electrons. The average molecular weight is 762 g/mol. The Morgan fingerprint density at radius 3 is 1.58 bits per heavy atom. The summed E-state index contributed by atoms with van der Waals surface area (Å²) >= 11 is 0. The van der Waals surface area contributed by atoms with Gasteiger partial charge in [-0.15, -0.1) is 0 Å². The highest BCUT2D eigenvalue weighted by Crippen LogP contribution is 2.43. The van der Waals surface area contributed by atoms with Gasteiger partial charge in [-0.2, -0.15) is 0 Å². The van der Waals surface area contributed by atoms with Gasteiger partial charge in [-0.05, 0) is 70.6 Å². The molecule has 0 spiro atoms. The van der Waals surface area contributed by atoms with E-state index < -0.39 is 19.9 Å². The lowest BCUT2D eigenvalue weighted by atomic mass is 10.1. The number of nitrogens with two attached hydrogens (primary N) is 1. The van der Waals surface area contributed by atoms with Gasteiger partial charge in [0.05, 0.1) is 26.2 Å². The summed E-state index contributed by atoms with van der Waals surface area (Å²) in [5.41, 5.74) is 5.35. The van der Waals surface area contributed by atoms with Gasteiger partial charge in [-0.25, -0.2) is 4.57 Å². The van der Waals surface area contributed by atoms with Crippen LogP contribution in [-0.4, -0.2) is 49.9 Å². The molecule has 0 heterocycles. The molecule has 304 valence electrons. The number of hydrogen-bond donors (Lipinski definition) is 2. The van der Waals surface area contributed by atoms with Crippen LogP contribution in [0.3, 0.4) is 0 Å². The monoisotopic (exact) mass is 762 g/mol. The van der Waals surface area contributed by atoms with Crippen molar-refractivity contribution >= 4 is 13.8 Å². The first-order valence-corrected chi connectivity index (χ1v) is 22.1. The standard InChI is InChI=1S/C44H76NO7P/c1-3-5-7-9-11-13-15-17-19-20-21-22-24-26-28-30-32-34-36-39-49-41-43(42-51-53(47,48)50-40-38-45)52-44(46)37-35-33-31-29-27-25-23-18-16-14-12-10-8-6-4-2/h6,8,12-15,18-20,23,27,29,33,35,43H,3-5,7,9-11,16-17,21-22,24-26,28,30-32,34,36-42,45H2,1-2H3,(H,47,48)/b8-6-,14-12-,15-13-,20-19-,23-18-,29-27-,35-33-. The van der Waals surface area contributed by atoms with Gasteiger partial charge in [0, 0.05) is 13.2 Å². The highest BCUT2D eigenvalue weighted by molar-refractivity contribution is 7.47. The quantitative estimate of drug-likeness (QED) is 0.0276. The number of carbonyl (C=O) groups excluding carboxylic acids is 1. The Balaban J connectivity index is 4.19. The maximum absolute atomic E-state index is 12.5. The molecule has 0 fully saturated rings. The Kier molecular flexibility index (Phi) is 39.1. The molecule has 0 saturated heterocycles. The number of phosphoric ester groups is 1. The molecule has 0 aliphatic heterocycles. The lowest BCUT2D eigenvalue weighted by molar-refractivity contribution is -0.153. The van der Waals surface area contributed by atoms with E-state index in [1.807, 2.05) is 6.08 Å². The van der Waals surface area contributed by atoms with E-state index in [0.29, 0.717) is 13.0 Å². The first kappa shape index (κ1) is 50.7. The van der Waals surface area contributed by atoms with Gasteiger partial charge >= 0.3 is 13.8 Å². The average Bonchev–Trinajstić information content (AvgIpc) is 3.15. The lowest BCUT2D eigenvalue weighted by Crippen LogP contribution is -2.28. The summed E-state index contributed by atoms with van der Waals surface area (Å²) in [6.45, 7) is 4.62. The number of rotatable bonds is 38. The molecule has 9 heteroatoms. The van der Waals surface area contributed by atoms with Crippen LogP contribution in [-0.2, 0) is 27.9 Å². The van der Waals surface area contributed by atoms with Crippen LogP contribution in [0.25, 0.3) is 0 Å².